The first kappa shape index (κ1) is 31.4. The lowest BCUT2D eigenvalue weighted by atomic mass is 10.4. The fraction of sp³-hybridized carbons (Fsp3) is 1.00. The quantitative estimate of drug-likeness (QED) is 0.246. The van der Waals surface area contributed by atoms with Gasteiger partial charge in [-0.2, -0.15) is 0 Å². The summed E-state index contributed by atoms with van der Waals surface area (Å²) in [5, 5.41) is 0.220. The second kappa shape index (κ2) is 10.8. The van der Waals surface area contributed by atoms with E-state index in [0.29, 0.717) is 0 Å². The third kappa shape index (κ3) is 6.26. The van der Waals surface area contributed by atoms with E-state index >= 15 is 0 Å². The lowest BCUT2D eigenvalue weighted by Crippen LogP contribution is -2.81. The van der Waals surface area contributed by atoms with Gasteiger partial charge in [0.15, 0.2) is 0 Å². The van der Waals surface area contributed by atoms with Gasteiger partial charge in [-0.25, -0.2) is 0 Å². The molecule has 7 aliphatic heterocycles. The number of rotatable bonds is 0. The molecule has 0 amide bonds. The molecule has 1 spiro atoms. The molecule has 0 aliphatic carbocycles. The number of hydrogen-bond acceptors (Lipinski definition) is 8. The van der Waals surface area contributed by atoms with Crippen LogP contribution in [0.15, 0.2) is 0 Å². The summed E-state index contributed by atoms with van der Waals surface area (Å²) in [5.41, 5.74) is 0. The van der Waals surface area contributed by atoms with Gasteiger partial charge in [-0.05, 0) is 94.2 Å². The van der Waals surface area contributed by atoms with Crippen molar-refractivity contribution in [1.29, 1.82) is 0 Å². The molecule has 0 aromatic rings. The molecule has 8 nitrogen and oxygen atoms in total. The van der Waals surface area contributed by atoms with Crippen LogP contribution < -0.4 is 0 Å². The summed E-state index contributed by atoms with van der Waals surface area (Å²) < 4.78 is 58.8. The highest BCUT2D eigenvalue weighted by Gasteiger charge is 2.73. The Labute approximate surface area is 251 Å². The van der Waals surface area contributed by atoms with E-state index in [0.717, 1.165) is 99.7 Å². The summed E-state index contributed by atoms with van der Waals surface area (Å²) in [5.74, 6) is 0. The van der Waals surface area contributed by atoms with Gasteiger partial charge < -0.3 is 33.2 Å². The van der Waals surface area contributed by atoms with E-state index in [4.69, 9.17) is 33.2 Å². The first-order valence-corrected chi connectivity index (χ1v) is 36.1. The Kier molecular flexibility index (Phi) is 8.44. The molecular formula is C24H54O8Si8. The van der Waals surface area contributed by atoms with Gasteiger partial charge in [0.25, 0.3) is 0 Å². The Morgan fingerprint density at radius 1 is 0.350 bits per heavy atom. The lowest BCUT2D eigenvalue weighted by Gasteiger charge is -2.58. The van der Waals surface area contributed by atoms with E-state index < -0.39 is 68.2 Å². The van der Waals surface area contributed by atoms with Crippen LogP contribution in [0.25, 0.3) is 0 Å². The molecule has 0 N–H and O–H groups in total. The standard InChI is InChI=1S/C24H54O8Si8/c1-33-16-8-9-18-35(3)28-36(4)19-11-10-17-34(2)25-24(33)40(26-33)23-15-14-21-38(6,29-35)31-37(5,30-36)20-12-13-22-39(7,27-34)32-40/h24H,8-23H2,1-7H3/t24?,33?,34-,35-,36-,37+,38?,39?,40?/m0/s1. The molecule has 40 heavy (non-hydrogen) atoms. The van der Waals surface area contributed by atoms with Crippen molar-refractivity contribution in [3.05, 3.63) is 0 Å². The van der Waals surface area contributed by atoms with E-state index in [1.165, 1.54) is 0 Å². The van der Waals surface area contributed by atoms with E-state index in [9.17, 15) is 0 Å². The van der Waals surface area contributed by atoms with Crippen molar-refractivity contribution in [3.8, 4) is 0 Å². The molecule has 8 bridgehead atoms. The second-order valence-corrected chi connectivity index (χ2v) is 44.4. The molecule has 9 atom stereocenters. The zero-order valence-corrected chi connectivity index (χ0v) is 34.2. The van der Waals surface area contributed by atoms with Gasteiger partial charge in [0.2, 0.25) is 8.32 Å². The number of hydrogen-bond donors (Lipinski definition) is 0. The normalized spacial score (nSPS) is 56.0. The molecule has 7 heterocycles. The van der Waals surface area contributed by atoms with Crippen LogP contribution in [0.4, 0.5) is 0 Å². The van der Waals surface area contributed by atoms with Crippen LogP contribution in [-0.2, 0) is 33.2 Å². The number of fused-ring (bicyclic) bond motifs is 8. The van der Waals surface area contributed by atoms with Gasteiger partial charge in [0, 0.05) is 0 Å². The molecule has 7 fully saturated rings. The minimum Gasteiger partial charge on any atom is -0.433 e. The Morgan fingerprint density at radius 2 is 0.675 bits per heavy atom. The molecule has 0 aromatic carbocycles. The molecule has 230 valence electrons. The van der Waals surface area contributed by atoms with E-state index in [1.54, 1.807) is 0 Å². The predicted octanol–water partition coefficient (Wildman–Crippen LogP) is 7.22. The van der Waals surface area contributed by atoms with E-state index in [-0.39, 0.29) is 5.35 Å². The molecule has 0 radical (unpaired) electrons. The van der Waals surface area contributed by atoms with Crippen molar-refractivity contribution < 1.29 is 33.2 Å². The average Bonchev–Trinajstić information content (AvgIpc) is 2.89. The van der Waals surface area contributed by atoms with Crippen LogP contribution in [0.2, 0.25) is 94.2 Å². The Balaban J connectivity index is 1.50. The summed E-state index contributed by atoms with van der Waals surface area (Å²) >= 11 is 0. The Hall–Kier alpha value is 1.42. The van der Waals surface area contributed by atoms with Crippen molar-refractivity contribution in [1.82, 2.24) is 0 Å². The van der Waals surface area contributed by atoms with Crippen molar-refractivity contribution in [2.24, 2.45) is 0 Å². The Morgan fingerprint density at radius 3 is 1.12 bits per heavy atom. The third-order valence-electron chi connectivity index (χ3n) is 10.3. The first-order chi connectivity index (χ1) is 18.6. The molecule has 0 saturated carbocycles. The highest BCUT2D eigenvalue weighted by atomic mass is 28.5. The third-order valence-corrected chi connectivity index (χ3v) is 50.4. The predicted molar refractivity (Wildman–Crippen MR) is 175 cm³/mol. The molecule has 7 rings (SSSR count). The SMILES string of the molecule is C[Si]12CCCC[Si@@]3(C)O[Si]4(C)CCCC[Si]5(O1)O[Si]1(C)CCCC[Si@](C)(O4)O[Si@](C)(CCCC[Si@@](C)(OC15)O2)O3. The molecule has 0 aromatic heterocycles. The first-order valence-electron chi connectivity index (χ1n) is 16.2. The fourth-order valence-electron chi connectivity index (χ4n) is 8.78. The van der Waals surface area contributed by atoms with E-state index in [1.807, 2.05) is 0 Å². The van der Waals surface area contributed by atoms with E-state index in [2.05, 4.69) is 45.8 Å². The van der Waals surface area contributed by atoms with Gasteiger partial charge in [-0.15, -0.1) is 0 Å². The van der Waals surface area contributed by atoms with Crippen LogP contribution >= 0.6 is 0 Å². The van der Waals surface area contributed by atoms with Crippen LogP contribution in [0, 0.1) is 0 Å². The van der Waals surface area contributed by atoms with Crippen molar-refractivity contribution in [2.75, 3.05) is 0 Å². The topological polar surface area (TPSA) is 73.8 Å². The molecule has 16 heteroatoms. The van der Waals surface area contributed by atoms with Gasteiger partial charge in [-0.1, -0.05) is 51.4 Å². The lowest BCUT2D eigenvalue weighted by molar-refractivity contribution is 0.177. The highest BCUT2D eigenvalue weighted by Crippen LogP contribution is 2.52. The second-order valence-electron chi connectivity index (χ2n) is 15.0. The highest BCUT2D eigenvalue weighted by molar-refractivity contribution is 7.07. The minimum atomic E-state index is -2.53. The van der Waals surface area contributed by atoms with Gasteiger partial charge in [0.05, 0.1) is 0 Å². The zero-order chi connectivity index (χ0) is 28.5. The largest absolute Gasteiger partial charge is 0.433 e. The molecule has 7 saturated heterocycles. The van der Waals surface area contributed by atoms with Crippen LogP contribution in [0.3, 0.4) is 0 Å². The maximum atomic E-state index is 7.42. The molecular weight excluding hydrogens is 641 g/mol. The Bertz CT molecular complexity index is 979. The summed E-state index contributed by atoms with van der Waals surface area (Å²) in [6, 6.07) is 8.17. The summed E-state index contributed by atoms with van der Waals surface area (Å²) in [6.07, 6.45) is 8.74. The van der Waals surface area contributed by atoms with Crippen LogP contribution in [-0.4, -0.2) is 73.6 Å². The van der Waals surface area contributed by atoms with Gasteiger partial charge in [-0.3, -0.25) is 0 Å². The smallest absolute Gasteiger partial charge is 0.347 e. The van der Waals surface area contributed by atoms with Gasteiger partial charge in [0.1, 0.15) is 5.35 Å². The van der Waals surface area contributed by atoms with Gasteiger partial charge >= 0.3 is 59.9 Å². The summed E-state index contributed by atoms with van der Waals surface area (Å²) in [7, 11) is -19.6. The minimum absolute atomic E-state index is 0.220. The molecule has 7 aliphatic rings. The zero-order valence-electron chi connectivity index (χ0n) is 26.2. The van der Waals surface area contributed by atoms with Crippen molar-refractivity contribution in [2.45, 2.75) is 151 Å². The average molecular weight is 695 g/mol. The summed E-state index contributed by atoms with van der Waals surface area (Å²) in [6.45, 7) is 16.5. The van der Waals surface area contributed by atoms with Crippen LogP contribution in [0.5, 0.6) is 0 Å². The summed E-state index contributed by atoms with van der Waals surface area (Å²) in [4.78, 5) is 0. The maximum absolute atomic E-state index is 7.42. The van der Waals surface area contributed by atoms with Crippen molar-refractivity contribution in [3.63, 3.8) is 0 Å². The van der Waals surface area contributed by atoms with Crippen LogP contribution in [0.1, 0.15) is 51.4 Å². The van der Waals surface area contributed by atoms with Crippen molar-refractivity contribution >= 4 is 68.2 Å². The monoisotopic (exact) mass is 694 g/mol. The maximum Gasteiger partial charge on any atom is 0.347 e. The molecule has 5 unspecified atom stereocenters. The fourth-order valence-corrected chi connectivity index (χ4v) is 59.6.